The average molecular weight is 580 g/mol. The summed E-state index contributed by atoms with van der Waals surface area (Å²) >= 11 is 9.49. The zero-order chi connectivity index (χ0) is 26.8. The fourth-order valence-corrected chi connectivity index (χ4v) is 3.89. The lowest BCUT2D eigenvalue weighted by atomic mass is 9.95. The van der Waals surface area contributed by atoms with Crippen LogP contribution in [0.3, 0.4) is 0 Å². The normalized spacial score (nSPS) is 12.6. The van der Waals surface area contributed by atoms with E-state index in [1.807, 2.05) is 20.8 Å². The van der Waals surface area contributed by atoms with Gasteiger partial charge in [0.25, 0.3) is 5.56 Å². The molecule has 0 saturated heterocycles. The molecule has 0 saturated carbocycles. The van der Waals surface area contributed by atoms with Crippen molar-refractivity contribution in [1.82, 2.24) is 9.66 Å². The van der Waals surface area contributed by atoms with Gasteiger partial charge in [-0.1, -0.05) is 48.3 Å². The Bertz CT molecular complexity index is 1430. The van der Waals surface area contributed by atoms with E-state index < -0.39 is 33.7 Å². The van der Waals surface area contributed by atoms with E-state index in [9.17, 15) is 19.7 Å². The third kappa shape index (κ3) is 5.90. The Kier molecular flexibility index (Phi) is 8.15. The van der Waals surface area contributed by atoms with Crippen LogP contribution in [0.1, 0.15) is 46.0 Å². The first-order chi connectivity index (χ1) is 16.8. The number of nitrogens with zero attached hydrogens (tertiary/aromatic N) is 4. The van der Waals surface area contributed by atoms with E-state index in [1.165, 1.54) is 19.2 Å². The Hall–Kier alpha value is -3.31. The Morgan fingerprint density at radius 2 is 2.03 bits per heavy atom. The van der Waals surface area contributed by atoms with E-state index in [0.29, 0.717) is 21.2 Å². The molecule has 0 radical (unpaired) electrons. The zero-order valence-electron chi connectivity index (χ0n) is 20.2. The highest BCUT2D eigenvalue weighted by molar-refractivity contribution is 9.10. The molecule has 0 aliphatic heterocycles. The molecule has 12 heteroatoms. The van der Waals surface area contributed by atoms with E-state index in [1.54, 1.807) is 25.1 Å². The fourth-order valence-electron chi connectivity index (χ4n) is 3.31. The Morgan fingerprint density at radius 3 is 2.64 bits per heavy atom. The molecule has 0 bridgehead atoms. The predicted molar refractivity (Wildman–Crippen MR) is 140 cm³/mol. The number of hydrogen-bond donors (Lipinski definition) is 0. The summed E-state index contributed by atoms with van der Waals surface area (Å²) in [5.74, 6) is -0.562. The molecule has 1 aromatic heterocycles. The van der Waals surface area contributed by atoms with E-state index in [-0.39, 0.29) is 22.9 Å². The van der Waals surface area contributed by atoms with E-state index in [2.05, 4.69) is 26.0 Å². The van der Waals surface area contributed by atoms with Crippen molar-refractivity contribution in [2.45, 2.75) is 46.1 Å². The first-order valence-corrected chi connectivity index (χ1v) is 12.1. The molecule has 1 atom stereocenters. The first-order valence-electron chi connectivity index (χ1n) is 10.9. The standard InChI is InChI=1S/C24H24BrClN4O6/c1-6-35-22(32)13(2)36-20-14(9-16(26)11-19(20)30(33)34)12-27-29-21(31)17-10-15(25)7-8-18(17)28-23(29)24(3,4)5/h7-13H,6H2,1-5H3/t13-/m1/s1. The van der Waals surface area contributed by atoms with Crippen LogP contribution in [0.25, 0.3) is 10.9 Å². The maximum atomic E-state index is 13.4. The Balaban J connectivity index is 2.22. The SMILES string of the molecule is CCOC(=O)[C@@H](C)Oc1c(C=Nn2c(C(C)(C)C)nc3ccc(Br)cc3c2=O)cc(Cl)cc1[N+](=O)[O-]. The van der Waals surface area contributed by atoms with Gasteiger partial charge in [-0.3, -0.25) is 14.9 Å². The molecule has 2 aromatic carbocycles. The molecule has 0 fully saturated rings. The summed E-state index contributed by atoms with van der Waals surface area (Å²) in [7, 11) is 0. The lowest BCUT2D eigenvalue weighted by Crippen LogP contribution is -2.29. The molecule has 1 heterocycles. The average Bonchev–Trinajstić information content (AvgIpc) is 2.79. The molecular formula is C24H24BrClN4O6. The van der Waals surface area contributed by atoms with Crippen LogP contribution in [0.5, 0.6) is 5.75 Å². The summed E-state index contributed by atoms with van der Waals surface area (Å²) in [4.78, 5) is 41.2. The number of benzene rings is 2. The quantitative estimate of drug-likeness (QED) is 0.162. The molecule has 190 valence electrons. The van der Waals surface area contributed by atoms with Crippen molar-refractivity contribution in [3.05, 3.63) is 71.7 Å². The van der Waals surface area contributed by atoms with Gasteiger partial charge in [0, 0.05) is 26.5 Å². The van der Waals surface area contributed by atoms with Gasteiger partial charge in [-0.25, -0.2) is 9.78 Å². The second-order valence-electron chi connectivity index (χ2n) is 8.82. The number of ether oxygens (including phenoxy) is 2. The number of carbonyl (C=O) groups is 1. The van der Waals surface area contributed by atoms with E-state index in [4.69, 9.17) is 21.1 Å². The van der Waals surface area contributed by atoms with Crippen molar-refractivity contribution in [2.24, 2.45) is 5.10 Å². The molecular weight excluding hydrogens is 556 g/mol. The third-order valence-corrected chi connectivity index (χ3v) is 5.68. The topological polar surface area (TPSA) is 126 Å². The van der Waals surface area contributed by atoms with Crippen LogP contribution in [-0.2, 0) is 14.9 Å². The maximum absolute atomic E-state index is 13.4. The minimum Gasteiger partial charge on any atom is -0.471 e. The number of aromatic nitrogens is 2. The van der Waals surface area contributed by atoms with Gasteiger partial charge in [0.2, 0.25) is 5.75 Å². The van der Waals surface area contributed by atoms with Crippen LogP contribution in [0, 0.1) is 10.1 Å². The van der Waals surface area contributed by atoms with Crippen molar-refractivity contribution < 1.29 is 19.2 Å². The molecule has 3 aromatic rings. The summed E-state index contributed by atoms with van der Waals surface area (Å²) in [5.41, 5.74) is -0.877. The molecule has 0 unspecified atom stereocenters. The van der Waals surface area contributed by atoms with Crippen molar-refractivity contribution in [3.63, 3.8) is 0 Å². The number of esters is 1. The lowest BCUT2D eigenvalue weighted by Gasteiger charge is -2.21. The predicted octanol–water partition coefficient (Wildman–Crippen LogP) is 5.23. The third-order valence-electron chi connectivity index (χ3n) is 4.96. The molecule has 0 aliphatic carbocycles. The van der Waals surface area contributed by atoms with Crippen LogP contribution in [-0.4, -0.2) is 39.5 Å². The van der Waals surface area contributed by atoms with Gasteiger partial charge in [0.05, 0.1) is 28.6 Å². The monoisotopic (exact) mass is 578 g/mol. The van der Waals surface area contributed by atoms with Gasteiger partial charge in [-0.15, -0.1) is 0 Å². The number of carbonyl (C=O) groups excluding carboxylic acids is 1. The summed E-state index contributed by atoms with van der Waals surface area (Å²) < 4.78 is 12.4. The number of nitro groups is 1. The summed E-state index contributed by atoms with van der Waals surface area (Å²) in [6.07, 6.45) is 0.0679. The molecule has 0 aliphatic rings. The van der Waals surface area contributed by atoms with Gasteiger partial charge in [-0.2, -0.15) is 9.78 Å². The number of rotatable bonds is 7. The van der Waals surface area contributed by atoms with Crippen molar-refractivity contribution in [3.8, 4) is 5.75 Å². The smallest absolute Gasteiger partial charge is 0.347 e. The zero-order valence-corrected chi connectivity index (χ0v) is 22.6. The minimum absolute atomic E-state index is 0.0447. The van der Waals surface area contributed by atoms with Crippen molar-refractivity contribution in [2.75, 3.05) is 6.61 Å². The second kappa shape index (κ2) is 10.8. The summed E-state index contributed by atoms with van der Waals surface area (Å²) in [6, 6.07) is 7.65. The largest absolute Gasteiger partial charge is 0.471 e. The Morgan fingerprint density at radius 1 is 1.33 bits per heavy atom. The van der Waals surface area contributed by atoms with Crippen LogP contribution in [0.15, 0.2) is 44.7 Å². The van der Waals surface area contributed by atoms with Gasteiger partial charge in [-0.05, 0) is 38.1 Å². The number of halogens is 2. The maximum Gasteiger partial charge on any atom is 0.347 e. The molecule has 3 rings (SSSR count). The number of hydrogen-bond acceptors (Lipinski definition) is 8. The highest BCUT2D eigenvalue weighted by atomic mass is 79.9. The number of fused-ring (bicyclic) bond motifs is 1. The number of nitro benzene ring substituents is 1. The lowest BCUT2D eigenvalue weighted by molar-refractivity contribution is -0.386. The van der Waals surface area contributed by atoms with Gasteiger partial charge in [0.1, 0.15) is 5.82 Å². The minimum atomic E-state index is -1.15. The highest BCUT2D eigenvalue weighted by Gasteiger charge is 2.27. The van der Waals surface area contributed by atoms with Gasteiger partial charge < -0.3 is 9.47 Å². The van der Waals surface area contributed by atoms with Crippen molar-refractivity contribution >= 4 is 56.3 Å². The highest BCUT2D eigenvalue weighted by Crippen LogP contribution is 2.35. The van der Waals surface area contributed by atoms with Crippen LogP contribution in [0.2, 0.25) is 5.02 Å². The van der Waals surface area contributed by atoms with Crippen LogP contribution in [0.4, 0.5) is 5.69 Å². The molecule has 0 N–H and O–H groups in total. The van der Waals surface area contributed by atoms with Crippen LogP contribution >= 0.6 is 27.5 Å². The van der Waals surface area contributed by atoms with E-state index in [0.717, 1.165) is 10.7 Å². The summed E-state index contributed by atoms with van der Waals surface area (Å²) in [6.45, 7) is 8.80. The second-order valence-corrected chi connectivity index (χ2v) is 10.2. The molecule has 10 nitrogen and oxygen atoms in total. The summed E-state index contributed by atoms with van der Waals surface area (Å²) in [5, 5.41) is 16.4. The first kappa shape index (κ1) is 27.3. The molecule has 0 amide bonds. The molecule has 0 spiro atoms. The fraction of sp³-hybridized carbons (Fsp3) is 0.333. The van der Waals surface area contributed by atoms with Crippen LogP contribution < -0.4 is 10.3 Å². The van der Waals surface area contributed by atoms with Gasteiger partial charge >= 0.3 is 11.7 Å². The molecule has 36 heavy (non-hydrogen) atoms. The van der Waals surface area contributed by atoms with E-state index >= 15 is 0 Å². The Labute approximate surface area is 220 Å². The van der Waals surface area contributed by atoms with Crippen molar-refractivity contribution in [1.29, 1.82) is 0 Å². The van der Waals surface area contributed by atoms with Gasteiger partial charge in [0.15, 0.2) is 6.10 Å².